The summed E-state index contributed by atoms with van der Waals surface area (Å²) in [6.45, 7) is 2.84. The van der Waals surface area contributed by atoms with Crippen LogP contribution in [0.2, 0.25) is 0 Å². The van der Waals surface area contributed by atoms with Crippen molar-refractivity contribution in [1.29, 1.82) is 0 Å². The molecule has 1 saturated carbocycles. The summed E-state index contributed by atoms with van der Waals surface area (Å²) >= 11 is 0. The number of hydrogen-bond donors (Lipinski definition) is 1. The largest absolute Gasteiger partial charge is 0.454 e. The summed E-state index contributed by atoms with van der Waals surface area (Å²) in [6, 6.07) is 18.9. The molecule has 0 radical (unpaired) electrons. The van der Waals surface area contributed by atoms with Gasteiger partial charge in [-0.1, -0.05) is 30.3 Å². The Balaban J connectivity index is 1.23. The van der Waals surface area contributed by atoms with Crippen molar-refractivity contribution in [3.8, 4) is 22.8 Å². The molecule has 1 saturated heterocycles. The highest BCUT2D eigenvalue weighted by atomic mass is 16.7. The lowest BCUT2D eigenvalue weighted by Crippen LogP contribution is -2.56. The molecular weight excluding hydrogens is 404 g/mol. The number of rotatable bonds is 5. The number of ether oxygens (including phenoxy) is 2. The Hall–Kier alpha value is -3.32. The monoisotopic (exact) mass is 430 g/mol. The van der Waals surface area contributed by atoms with Crippen LogP contribution in [0.5, 0.6) is 11.5 Å². The molecule has 32 heavy (non-hydrogen) atoms. The van der Waals surface area contributed by atoms with Gasteiger partial charge in [0.25, 0.3) is 5.91 Å². The zero-order valence-corrected chi connectivity index (χ0v) is 17.9. The molecule has 164 valence electrons. The smallest absolute Gasteiger partial charge is 0.272 e. The zero-order chi connectivity index (χ0) is 21.5. The number of piperazine rings is 1. The van der Waals surface area contributed by atoms with E-state index in [4.69, 9.17) is 9.47 Å². The number of hydrogen-bond acceptors (Lipinski definition) is 5. The molecule has 1 N–H and O–H groups in total. The summed E-state index contributed by atoms with van der Waals surface area (Å²) in [7, 11) is 0. The first-order chi connectivity index (χ1) is 15.7. The van der Waals surface area contributed by atoms with Crippen LogP contribution in [0.1, 0.15) is 28.9 Å². The second-order valence-electron chi connectivity index (χ2n) is 8.80. The molecule has 1 unspecified atom stereocenters. The maximum atomic E-state index is 13.5. The van der Waals surface area contributed by atoms with Crippen molar-refractivity contribution in [2.45, 2.75) is 31.3 Å². The van der Waals surface area contributed by atoms with E-state index in [2.05, 4.69) is 39.4 Å². The fourth-order valence-electron chi connectivity index (χ4n) is 4.77. The van der Waals surface area contributed by atoms with Gasteiger partial charge in [-0.2, -0.15) is 5.10 Å². The molecule has 7 nitrogen and oxygen atoms in total. The summed E-state index contributed by atoms with van der Waals surface area (Å²) in [6.07, 6.45) is 3.43. The molecule has 3 aliphatic rings. The van der Waals surface area contributed by atoms with Gasteiger partial charge in [0, 0.05) is 37.3 Å². The molecule has 2 fully saturated rings. The number of aromatic amines is 1. The van der Waals surface area contributed by atoms with Crippen molar-refractivity contribution in [3.05, 3.63) is 65.9 Å². The van der Waals surface area contributed by atoms with Crippen LogP contribution < -0.4 is 9.47 Å². The van der Waals surface area contributed by atoms with E-state index in [0.717, 1.165) is 43.1 Å². The minimum absolute atomic E-state index is 0.0147. The number of nitrogens with one attached hydrogen (secondary N) is 1. The topological polar surface area (TPSA) is 70.7 Å². The normalized spacial score (nSPS) is 20.5. The predicted molar refractivity (Wildman–Crippen MR) is 120 cm³/mol. The fourth-order valence-corrected chi connectivity index (χ4v) is 4.77. The number of aromatic nitrogens is 2. The molecule has 0 bridgehead atoms. The molecule has 2 aliphatic heterocycles. The van der Waals surface area contributed by atoms with Crippen LogP contribution >= 0.6 is 0 Å². The van der Waals surface area contributed by atoms with Crippen molar-refractivity contribution < 1.29 is 14.3 Å². The Morgan fingerprint density at radius 3 is 2.72 bits per heavy atom. The first kappa shape index (κ1) is 19.4. The van der Waals surface area contributed by atoms with Gasteiger partial charge in [-0.3, -0.25) is 14.8 Å². The van der Waals surface area contributed by atoms with Gasteiger partial charge in [-0.05, 0) is 49.1 Å². The number of carbonyl (C=O) groups excluding carboxylic acids is 1. The summed E-state index contributed by atoms with van der Waals surface area (Å²) in [5.74, 6) is 1.45. The fraction of sp³-hybridized carbons (Fsp3) is 0.360. The minimum Gasteiger partial charge on any atom is -0.454 e. The van der Waals surface area contributed by atoms with Crippen LogP contribution in [0, 0.1) is 0 Å². The number of nitrogens with zero attached hydrogens (tertiary/aromatic N) is 3. The molecule has 1 amide bonds. The second kappa shape index (κ2) is 7.98. The SMILES string of the molecule is O=C(c1cc(-c2ccc3c(c2)OCO3)n[nH]1)N1CCN(C2CC2)CC1Cc1ccccc1. The maximum Gasteiger partial charge on any atom is 0.272 e. The van der Waals surface area contributed by atoms with Crippen LogP contribution in [0.4, 0.5) is 0 Å². The number of amides is 1. The van der Waals surface area contributed by atoms with Gasteiger partial charge >= 0.3 is 0 Å². The Morgan fingerprint density at radius 1 is 1.03 bits per heavy atom. The first-order valence-electron chi connectivity index (χ1n) is 11.3. The van der Waals surface area contributed by atoms with E-state index in [-0.39, 0.29) is 18.7 Å². The second-order valence-corrected chi connectivity index (χ2v) is 8.80. The molecular formula is C25H26N4O3. The van der Waals surface area contributed by atoms with Gasteiger partial charge in [0.15, 0.2) is 11.5 Å². The first-order valence-corrected chi connectivity index (χ1v) is 11.3. The maximum absolute atomic E-state index is 13.5. The van der Waals surface area contributed by atoms with E-state index in [1.165, 1.54) is 18.4 Å². The predicted octanol–water partition coefficient (Wildman–Crippen LogP) is 3.34. The van der Waals surface area contributed by atoms with Crippen molar-refractivity contribution in [1.82, 2.24) is 20.0 Å². The van der Waals surface area contributed by atoms with E-state index < -0.39 is 0 Å². The van der Waals surface area contributed by atoms with E-state index in [1.807, 2.05) is 35.2 Å². The molecule has 6 rings (SSSR count). The molecule has 3 aromatic rings. The van der Waals surface area contributed by atoms with Crippen LogP contribution in [-0.2, 0) is 6.42 Å². The van der Waals surface area contributed by atoms with Gasteiger partial charge in [-0.15, -0.1) is 0 Å². The summed E-state index contributed by atoms with van der Waals surface area (Å²) in [5.41, 5.74) is 3.40. The van der Waals surface area contributed by atoms with Crippen molar-refractivity contribution >= 4 is 5.91 Å². The number of carbonyl (C=O) groups is 1. The Morgan fingerprint density at radius 2 is 1.88 bits per heavy atom. The zero-order valence-electron chi connectivity index (χ0n) is 17.9. The summed E-state index contributed by atoms with van der Waals surface area (Å²) in [4.78, 5) is 18.1. The lowest BCUT2D eigenvalue weighted by molar-refractivity contribution is 0.0432. The van der Waals surface area contributed by atoms with Crippen LogP contribution in [0.3, 0.4) is 0 Å². The van der Waals surface area contributed by atoms with E-state index >= 15 is 0 Å². The van der Waals surface area contributed by atoms with E-state index in [0.29, 0.717) is 17.5 Å². The number of benzene rings is 2. The van der Waals surface area contributed by atoms with Crippen LogP contribution in [-0.4, -0.2) is 64.4 Å². The van der Waals surface area contributed by atoms with E-state index in [1.54, 1.807) is 0 Å². The van der Waals surface area contributed by atoms with E-state index in [9.17, 15) is 4.79 Å². The molecule has 0 spiro atoms. The molecule has 1 atom stereocenters. The minimum atomic E-state index is 0.0147. The Labute approximate surface area is 186 Å². The average Bonchev–Trinajstić information content (AvgIpc) is 3.37. The van der Waals surface area contributed by atoms with Gasteiger partial charge < -0.3 is 14.4 Å². The van der Waals surface area contributed by atoms with Gasteiger partial charge in [0.05, 0.1) is 5.69 Å². The standard InChI is InChI=1S/C25H26N4O3/c30-25(22-14-21(26-27-22)18-6-9-23-24(13-18)32-16-31-23)29-11-10-28(19-7-8-19)15-20(29)12-17-4-2-1-3-5-17/h1-6,9,13-14,19-20H,7-8,10-12,15-16H2,(H,26,27). The van der Waals surface area contributed by atoms with Gasteiger partial charge in [-0.25, -0.2) is 0 Å². The highest BCUT2D eigenvalue weighted by Crippen LogP contribution is 2.36. The molecule has 1 aliphatic carbocycles. The lowest BCUT2D eigenvalue weighted by Gasteiger charge is -2.41. The third-order valence-electron chi connectivity index (χ3n) is 6.63. The van der Waals surface area contributed by atoms with Crippen molar-refractivity contribution in [3.63, 3.8) is 0 Å². The Bertz CT molecular complexity index is 1130. The van der Waals surface area contributed by atoms with Gasteiger partial charge in [0.2, 0.25) is 6.79 Å². The molecule has 1 aromatic heterocycles. The van der Waals surface area contributed by atoms with Crippen LogP contribution in [0.25, 0.3) is 11.3 Å². The lowest BCUT2D eigenvalue weighted by atomic mass is 10.0. The number of H-pyrrole nitrogens is 1. The van der Waals surface area contributed by atoms with Gasteiger partial charge in [0.1, 0.15) is 5.69 Å². The van der Waals surface area contributed by atoms with Crippen molar-refractivity contribution in [2.75, 3.05) is 26.4 Å². The van der Waals surface area contributed by atoms with Crippen molar-refractivity contribution in [2.24, 2.45) is 0 Å². The summed E-state index contributed by atoms with van der Waals surface area (Å²) < 4.78 is 10.9. The highest BCUT2D eigenvalue weighted by Gasteiger charge is 2.37. The molecule has 7 heteroatoms. The summed E-state index contributed by atoms with van der Waals surface area (Å²) in [5, 5.41) is 7.38. The Kier molecular flexibility index (Phi) is 4.83. The number of fused-ring (bicyclic) bond motifs is 1. The third kappa shape index (κ3) is 3.73. The van der Waals surface area contributed by atoms with Crippen LogP contribution in [0.15, 0.2) is 54.6 Å². The quantitative estimate of drug-likeness (QED) is 0.672. The highest BCUT2D eigenvalue weighted by molar-refractivity contribution is 5.93. The molecule has 2 aromatic carbocycles. The molecule has 3 heterocycles. The third-order valence-corrected chi connectivity index (χ3v) is 6.63. The average molecular weight is 431 g/mol.